The van der Waals surface area contributed by atoms with E-state index >= 15 is 0 Å². The maximum atomic E-state index is 13.5. The monoisotopic (exact) mass is 466 g/mol. The van der Waals surface area contributed by atoms with Gasteiger partial charge in [0.05, 0.1) is 28.7 Å². The summed E-state index contributed by atoms with van der Waals surface area (Å²) in [7, 11) is -3.84. The summed E-state index contributed by atoms with van der Waals surface area (Å²) >= 11 is 0. The van der Waals surface area contributed by atoms with Crippen molar-refractivity contribution < 1.29 is 23.1 Å². The number of sulfonamides is 1. The van der Waals surface area contributed by atoms with Gasteiger partial charge in [0.25, 0.3) is 0 Å². The van der Waals surface area contributed by atoms with Gasteiger partial charge < -0.3 is 9.84 Å². The number of aliphatic hydroxyl groups excluding tert-OH is 1. The highest BCUT2D eigenvalue weighted by atomic mass is 32.2. The number of pyridine rings is 1. The van der Waals surface area contributed by atoms with Crippen LogP contribution in [0.5, 0.6) is 0 Å². The molecule has 3 aromatic rings. The van der Waals surface area contributed by atoms with Gasteiger partial charge in [0, 0.05) is 24.5 Å². The van der Waals surface area contributed by atoms with Crippen LogP contribution in [0.15, 0.2) is 78.0 Å². The van der Waals surface area contributed by atoms with Crippen LogP contribution in [0.3, 0.4) is 0 Å². The lowest BCUT2D eigenvalue weighted by molar-refractivity contribution is 0.0378. The molecule has 0 bridgehead atoms. The van der Waals surface area contributed by atoms with Crippen molar-refractivity contribution in [3.8, 4) is 0 Å². The third kappa shape index (κ3) is 4.83. The Morgan fingerprint density at radius 1 is 1.03 bits per heavy atom. The van der Waals surface area contributed by atoms with Crippen molar-refractivity contribution >= 4 is 16.0 Å². The Morgan fingerprint density at radius 3 is 2.36 bits per heavy atom. The summed E-state index contributed by atoms with van der Waals surface area (Å²) in [6.07, 6.45) is 2.28. The Morgan fingerprint density at radius 2 is 1.70 bits per heavy atom. The molecule has 0 radical (unpaired) electrons. The van der Waals surface area contributed by atoms with Gasteiger partial charge in [-0.15, -0.1) is 0 Å². The van der Waals surface area contributed by atoms with E-state index in [9.17, 15) is 18.3 Å². The second-order valence-corrected chi connectivity index (χ2v) is 10.2. The summed E-state index contributed by atoms with van der Waals surface area (Å²) in [4.78, 5) is 16.2. The number of carbonyl (C=O) groups is 1. The van der Waals surface area contributed by atoms with E-state index in [1.807, 2.05) is 0 Å². The normalized spacial score (nSPS) is 19.8. The molecule has 1 aliphatic heterocycles. The third-order valence-electron chi connectivity index (χ3n) is 5.62. The van der Waals surface area contributed by atoms with E-state index in [0.29, 0.717) is 11.1 Å². The van der Waals surface area contributed by atoms with Gasteiger partial charge in [-0.1, -0.05) is 30.3 Å². The molecule has 0 spiro atoms. The Hall–Kier alpha value is -3.07. The molecule has 0 aliphatic carbocycles. The molecular weight excluding hydrogens is 440 g/mol. The highest BCUT2D eigenvalue weighted by Gasteiger charge is 2.43. The topological polar surface area (TPSA) is 96.8 Å². The molecular formula is C25H26N2O5S. The molecule has 172 valence electrons. The molecule has 2 heterocycles. The molecule has 8 heteroatoms. The average Bonchev–Trinajstić information content (AvgIpc) is 2.80. The van der Waals surface area contributed by atoms with Crippen molar-refractivity contribution in [1.29, 1.82) is 0 Å². The summed E-state index contributed by atoms with van der Waals surface area (Å²) in [5, 5.41) is 11.2. The van der Waals surface area contributed by atoms with Gasteiger partial charge >= 0.3 is 5.97 Å². The second-order valence-electron chi connectivity index (χ2n) is 8.31. The Balaban J connectivity index is 1.67. The number of aromatic nitrogens is 1. The van der Waals surface area contributed by atoms with E-state index < -0.39 is 28.1 Å². The quantitative estimate of drug-likeness (QED) is 0.559. The van der Waals surface area contributed by atoms with E-state index in [2.05, 4.69) is 4.98 Å². The average molecular weight is 467 g/mol. The van der Waals surface area contributed by atoms with Crippen molar-refractivity contribution in [2.75, 3.05) is 0 Å². The predicted molar refractivity (Wildman–Crippen MR) is 123 cm³/mol. The minimum absolute atomic E-state index is 0.111. The lowest BCUT2D eigenvalue weighted by Crippen LogP contribution is -2.48. The van der Waals surface area contributed by atoms with E-state index in [-0.39, 0.29) is 24.0 Å². The summed E-state index contributed by atoms with van der Waals surface area (Å²) in [5.74, 6) is -0.412. The molecule has 0 saturated heterocycles. The first-order valence-electron chi connectivity index (χ1n) is 10.7. The number of esters is 1. The van der Waals surface area contributed by atoms with Crippen LogP contribution in [0, 0.1) is 0 Å². The summed E-state index contributed by atoms with van der Waals surface area (Å²) in [5.41, 5.74) is 2.39. The van der Waals surface area contributed by atoms with E-state index in [0.717, 1.165) is 11.1 Å². The first kappa shape index (κ1) is 23.1. The van der Waals surface area contributed by atoms with Crippen LogP contribution in [0.4, 0.5) is 0 Å². The maximum absolute atomic E-state index is 13.5. The van der Waals surface area contributed by atoms with Gasteiger partial charge in [-0.25, -0.2) is 13.2 Å². The highest BCUT2D eigenvalue weighted by molar-refractivity contribution is 7.89. The first-order valence-corrected chi connectivity index (χ1v) is 12.2. The molecule has 0 amide bonds. The largest absolute Gasteiger partial charge is 0.459 e. The van der Waals surface area contributed by atoms with Crippen LogP contribution >= 0.6 is 0 Å². The Bertz CT molecular complexity index is 1230. The Kier molecular flexibility index (Phi) is 6.60. The first-order chi connectivity index (χ1) is 15.8. The second kappa shape index (κ2) is 9.43. The SMILES string of the molecule is CC(C)OC(=O)c1ccc(C[C@H]2[C@@H](O)c3ccccc3S(=O)(=O)N2Cc2ccncc2)cc1. The van der Waals surface area contributed by atoms with Crippen molar-refractivity contribution in [1.82, 2.24) is 9.29 Å². The standard InChI is InChI=1S/C25H26N2O5S/c1-17(2)32-25(29)20-9-7-18(8-10-20)15-22-24(28)21-5-3-4-6-23(21)33(30,31)27(22)16-19-11-13-26-14-12-19/h3-14,17,22,24,28H,15-16H2,1-2H3/t22-,24-/m0/s1. The van der Waals surface area contributed by atoms with E-state index in [1.54, 1.807) is 80.8 Å². The molecule has 2 aromatic carbocycles. The minimum atomic E-state index is -3.84. The molecule has 0 unspecified atom stereocenters. The third-order valence-corrected chi connectivity index (χ3v) is 7.57. The molecule has 1 N–H and O–H groups in total. The zero-order chi connectivity index (χ0) is 23.6. The van der Waals surface area contributed by atoms with Crippen LogP contribution < -0.4 is 0 Å². The van der Waals surface area contributed by atoms with Crippen molar-refractivity contribution in [3.05, 3.63) is 95.3 Å². The summed E-state index contributed by atoms with van der Waals surface area (Å²) in [6, 6.07) is 16.2. The fraction of sp³-hybridized carbons (Fsp3) is 0.280. The lowest BCUT2D eigenvalue weighted by atomic mass is 9.95. The van der Waals surface area contributed by atoms with Gasteiger partial charge in [-0.2, -0.15) is 4.31 Å². The Labute approximate surface area is 193 Å². The molecule has 0 fully saturated rings. The number of aliphatic hydroxyl groups is 1. The predicted octanol–water partition coefficient (Wildman–Crippen LogP) is 3.50. The van der Waals surface area contributed by atoms with Crippen molar-refractivity contribution in [3.63, 3.8) is 0 Å². The van der Waals surface area contributed by atoms with Crippen LogP contribution in [-0.4, -0.2) is 40.9 Å². The van der Waals surface area contributed by atoms with E-state index in [4.69, 9.17) is 4.74 Å². The summed E-state index contributed by atoms with van der Waals surface area (Å²) in [6.45, 7) is 3.68. The number of hydrogen-bond donors (Lipinski definition) is 1. The molecule has 33 heavy (non-hydrogen) atoms. The highest BCUT2D eigenvalue weighted by Crippen LogP contribution is 2.38. The van der Waals surface area contributed by atoms with Crippen molar-refractivity contribution in [2.45, 2.75) is 50.0 Å². The number of fused-ring (bicyclic) bond motifs is 1. The number of rotatable bonds is 6. The van der Waals surface area contributed by atoms with Crippen LogP contribution in [0.25, 0.3) is 0 Å². The zero-order valence-electron chi connectivity index (χ0n) is 18.5. The molecule has 7 nitrogen and oxygen atoms in total. The molecule has 1 aliphatic rings. The van der Waals surface area contributed by atoms with Crippen LogP contribution in [0.2, 0.25) is 0 Å². The number of benzene rings is 2. The fourth-order valence-corrected chi connectivity index (χ4v) is 5.87. The zero-order valence-corrected chi connectivity index (χ0v) is 19.3. The molecule has 0 saturated carbocycles. The smallest absolute Gasteiger partial charge is 0.338 e. The van der Waals surface area contributed by atoms with Crippen LogP contribution in [-0.2, 0) is 27.7 Å². The molecule has 4 rings (SSSR count). The van der Waals surface area contributed by atoms with Gasteiger partial charge in [0.15, 0.2) is 0 Å². The fourth-order valence-electron chi connectivity index (χ4n) is 4.01. The van der Waals surface area contributed by atoms with Gasteiger partial charge in [0.1, 0.15) is 0 Å². The molecule has 2 atom stereocenters. The number of hydrogen-bond acceptors (Lipinski definition) is 6. The van der Waals surface area contributed by atoms with Gasteiger partial charge in [0.2, 0.25) is 10.0 Å². The van der Waals surface area contributed by atoms with Gasteiger partial charge in [-0.05, 0) is 61.7 Å². The minimum Gasteiger partial charge on any atom is -0.459 e. The van der Waals surface area contributed by atoms with Gasteiger partial charge in [-0.3, -0.25) is 4.98 Å². The summed E-state index contributed by atoms with van der Waals surface area (Å²) < 4.78 is 33.7. The number of nitrogens with zero attached hydrogens (tertiary/aromatic N) is 2. The van der Waals surface area contributed by atoms with Crippen LogP contribution in [0.1, 0.15) is 47.0 Å². The van der Waals surface area contributed by atoms with E-state index in [1.165, 1.54) is 10.4 Å². The lowest BCUT2D eigenvalue weighted by Gasteiger charge is -2.39. The molecule has 1 aromatic heterocycles. The number of carbonyl (C=O) groups excluding carboxylic acids is 1. The van der Waals surface area contributed by atoms with Crippen molar-refractivity contribution in [2.24, 2.45) is 0 Å². The number of ether oxygens (including phenoxy) is 1. The maximum Gasteiger partial charge on any atom is 0.338 e.